The van der Waals surface area contributed by atoms with Gasteiger partial charge in [-0.1, -0.05) is 64.5 Å². The lowest BCUT2D eigenvalue weighted by Crippen LogP contribution is -2.03. The molecule has 1 heterocycles. The third kappa shape index (κ3) is 3.41. The topological polar surface area (TPSA) is 39.4 Å². The first-order valence-electron chi connectivity index (χ1n) is 8.20. The Kier molecular flexibility index (Phi) is 4.59. The van der Waals surface area contributed by atoms with Crippen molar-refractivity contribution < 1.29 is 9.15 Å². The van der Waals surface area contributed by atoms with Gasteiger partial charge in [0.15, 0.2) is 0 Å². The zero-order chi connectivity index (χ0) is 17.9. The number of hydrogen-bond donors (Lipinski definition) is 0. The molecule has 0 aliphatic carbocycles. The highest BCUT2D eigenvalue weighted by molar-refractivity contribution is 9.09. The fraction of sp³-hybridized carbons (Fsp3) is 0.0455. The Bertz CT molecular complexity index is 1090. The van der Waals surface area contributed by atoms with Crippen LogP contribution in [0.3, 0.4) is 0 Å². The van der Waals surface area contributed by atoms with Crippen LogP contribution in [0.15, 0.2) is 94.1 Å². The van der Waals surface area contributed by atoms with E-state index < -0.39 is 0 Å². The average Bonchev–Trinajstić information content (AvgIpc) is 2.68. The highest BCUT2D eigenvalue weighted by Gasteiger charge is 2.16. The Morgan fingerprint density at radius 3 is 2.23 bits per heavy atom. The number of hydrogen-bond acceptors (Lipinski definition) is 3. The quantitative estimate of drug-likeness (QED) is 0.305. The number of benzene rings is 3. The molecule has 0 aliphatic heterocycles. The second-order valence-corrected chi connectivity index (χ2v) is 6.78. The molecule has 0 amide bonds. The van der Waals surface area contributed by atoms with Gasteiger partial charge < -0.3 is 9.15 Å². The third-order valence-corrected chi connectivity index (χ3v) is 5.11. The molecule has 1 aromatic heterocycles. The maximum atomic E-state index is 12.1. The minimum Gasteiger partial charge on any atom is -0.457 e. The summed E-state index contributed by atoms with van der Waals surface area (Å²) in [6.07, 6.45) is 0. The molecule has 1 unspecified atom stereocenters. The van der Waals surface area contributed by atoms with Crippen molar-refractivity contribution in [1.29, 1.82) is 0 Å². The molecule has 4 rings (SSSR count). The minimum atomic E-state index is -0.384. The first-order chi connectivity index (χ1) is 12.7. The molecular weight excluding hydrogens is 392 g/mol. The van der Waals surface area contributed by atoms with Crippen LogP contribution in [0, 0.1) is 0 Å². The fourth-order valence-corrected chi connectivity index (χ4v) is 3.55. The Balaban J connectivity index is 1.77. The van der Waals surface area contributed by atoms with Crippen LogP contribution in [0.2, 0.25) is 0 Å². The van der Waals surface area contributed by atoms with Crippen molar-refractivity contribution in [1.82, 2.24) is 0 Å². The maximum Gasteiger partial charge on any atom is 0.336 e. The van der Waals surface area contributed by atoms with Gasteiger partial charge in [0.25, 0.3) is 0 Å². The lowest BCUT2D eigenvalue weighted by Gasteiger charge is -2.13. The molecule has 4 aromatic rings. The SMILES string of the molecule is O=c1cc(C(Br)c2ccccc2)c2ccc(Oc3ccccc3)cc2o1. The van der Waals surface area contributed by atoms with E-state index >= 15 is 0 Å². The lowest BCUT2D eigenvalue weighted by molar-refractivity contribution is 0.480. The van der Waals surface area contributed by atoms with Gasteiger partial charge in [-0.3, -0.25) is 0 Å². The van der Waals surface area contributed by atoms with Gasteiger partial charge in [-0.25, -0.2) is 4.79 Å². The van der Waals surface area contributed by atoms with Gasteiger partial charge in [-0.2, -0.15) is 0 Å². The predicted molar refractivity (Wildman–Crippen MR) is 106 cm³/mol. The summed E-state index contributed by atoms with van der Waals surface area (Å²) < 4.78 is 11.2. The molecule has 0 spiro atoms. The number of halogens is 1. The second-order valence-electron chi connectivity index (χ2n) is 5.87. The lowest BCUT2D eigenvalue weighted by atomic mass is 10.0. The Morgan fingerprint density at radius 2 is 1.50 bits per heavy atom. The Labute approximate surface area is 159 Å². The van der Waals surface area contributed by atoms with Gasteiger partial charge in [0, 0.05) is 17.5 Å². The van der Waals surface area contributed by atoms with Crippen LogP contribution in [0.5, 0.6) is 11.5 Å². The molecule has 3 nitrogen and oxygen atoms in total. The molecule has 0 fully saturated rings. The zero-order valence-corrected chi connectivity index (χ0v) is 15.3. The highest BCUT2D eigenvalue weighted by atomic mass is 79.9. The Hall–Kier alpha value is -2.85. The molecule has 0 bridgehead atoms. The van der Waals surface area contributed by atoms with Crippen molar-refractivity contribution in [2.45, 2.75) is 4.83 Å². The molecule has 0 saturated heterocycles. The number of ether oxygens (including phenoxy) is 1. The summed E-state index contributed by atoms with van der Waals surface area (Å²) in [5.41, 5.74) is 2.06. The summed E-state index contributed by atoms with van der Waals surface area (Å²) in [5.74, 6) is 1.35. The Morgan fingerprint density at radius 1 is 0.808 bits per heavy atom. The highest BCUT2D eigenvalue weighted by Crippen LogP contribution is 2.35. The average molecular weight is 407 g/mol. The van der Waals surface area contributed by atoms with E-state index in [1.165, 1.54) is 6.07 Å². The molecule has 0 saturated carbocycles. The fourth-order valence-electron chi connectivity index (χ4n) is 2.87. The summed E-state index contributed by atoms with van der Waals surface area (Å²) >= 11 is 3.71. The van der Waals surface area contributed by atoms with E-state index in [9.17, 15) is 4.79 Å². The molecule has 0 N–H and O–H groups in total. The van der Waals surface area contributed by atoms with Crippen molar-refractivity contribution in [3.8, 4) is 11.5 Å². The van der Waals surface area contributed by atoms with E-state index in [1.807, 2.05) is 72.8 Å². The van der Waals surface area contributed by atoms with Crippen molar-refractivity contribution in [2.24, 2.45) is 0 Å². The van der Waals surface area contributed by atoms with Crippen molar-refractivity contribution in [3.63, 3.8) is 0 Å². The maximum absolute atomic E-state index is 12.1. The van der Waals surface area contributed by atoms with Crippen molar-refractivity contribution in [2.75, 3.05) is 0 Å². The summed E-state index contributed by atoms with van der Waals surface area (Å²) in [6.45, 7) is 0. The monoisotopic (exact) mass is 406 g/mol. The number of alkyl halides is 1. The van der Waals surface area contributed by atoms with Crippen LogP contribution in [-0.2, 0) is 0 Å². The van der Waals surface area contributed by atoms with E-state index in [0.717, 1.165) is 22.3 Å². The van der Waals surface area contributed by atoms with Crippen LogP contribution < -0.4 is 10.4 Å². The van der Waals surface area contributed by atoms with Gasteiger partial charge in [0.1, 0.15) is 17.1 Å². The smallest absolute Gasteiger partial charge is 0.336 e. The molecule has 4 heteroatoms. The molecule has 128 valence electrons. The molecular formula is C22H15BrO3. The van der Waals surface area contributed by atoms with E-state index in [1.54, 1.807) is 6.07 Å². The van der Waals surface area contributed by atoms with Gasteiger partial charge in [0.2, 0.25) is 0 Å². The first kappa shape index (κ1) is 16.6. The molecule has 26 heavy (non-hydrogen) atoms. The van der Waals surface area contributed by atoms with Gasteiger partial charge in [-0.05, 0) is 35.4 Å². The number of para-hydroxylation sites is 1. The van der Waals surface area contributed by atoms with E-state index in [0.29, 0.717) is 11.3 Å². The summed E-state index contributed by atoms with van der Waals surface area (Å²) in [6, 6.07) is 26.5. The molecule has 0 radical (unpaired) electrons. The largest absolute Gasteiger partial charge is 0.457 e. The normalized spacial score (nSPS) is 12.0. The minimum absolute atomic E-state index is 0.101. The van der Waals surface area contributed by atoms with Gasteiger partial charge in [-0.15, -0.1) is 0 Å². The van der Waals surface area contributed by atoms with Crippen LogP contribution >= 0.6 is 15.9 Å². The van der Waals surface area contributed by atoms with Crippen LogP contribution in [-0.4, -0.2) is 0 Å². The van der Waals surface area contributed by atoms with Crippen molar-refractivity contribution in [3.05, 3.63) is 106 Å². The van der Waals surface area contributed by atoms with Crippen LogP contribution in [0.1, 0.15) is 16.0 Å². The van der Waals surface area contributed by atoms with Gasteiger partial charge in [0.05, 0.1) is 4.83 Å². The zero-order valence-electron chi connectivity index (χ0n) is 13.8. The van der Waals surface area contributed by atoms with E-state index in [4.69, 9.17) is 9.15 Å². The molecule has 3 aromatic carbocycles. The van der Waals surface area contributed by atoms with Crippen molar-refractivity contribution >= 4 is 26.9 Å². The number of rotatable bonds is 4. The summed E-state index contributed by atoms with van der Waals surface area (Å²) in [7, 11) is 0. The summed E-state index contributed by atoms with van der Waals surface area (Å²) in [5, 5.41) is 0.871. The second kappa shape index (κ2) is 7.18. The van der Waals surface area contributed by atoms with E-state index in [2.05, 4.69) is 15.9 Å². The molecule has 1 atom stereocenters. The van der Waals surface area contributed by atoms with Crippen LogP contribution in [0.25, 0.3) is 11.0 Å². The third-order valence-electron chi connectivity index (χ3n) is 4.09. The predicted octanol–water partition coefficient (Wildman–Crippen LogP) is 6.07. The summed E-state index contributed by atoms with van der Waals surface area (Å²) in [4.78, 5) is 12.0. The van der Waals surface area contributed by atoms with Crippen LogP contribution in [0.4, 0.5) is 0 Å². The van der Waals surface area contributed by atoms with Gasteiger partial charge >= 0.3 is 5.63 Å². The number of fused-ring (bicyclic) bond motifs is 1. The molecule has 0 aliphatic rings. The van der Waals surface area contributed by atoms with E-state index in [-0.39, 0.29) is 10.5 Å². The standard InChI is InChI=1S/C22H15BrO3/c23-22(15-7-3-1-4-8-15)19-14-21(24)26-20-13-17(11-12-18(19)20)25-16-9-5-2-6-10-16/h1-14,22H. The first-order valence-corrected chi connectivity index (χ1v) is 9.12.